The number of rotatable bonds is 10. The SMILES string of the molecule is C=C/C=C(\C=C/N)C(/C(=C)c1ccc(F)cc1)=C(/NN)N(Cc1ccccc1)C1CCN(C)CC1. The molecule has 0 aromatic heterocycles. The van der Waals surface area contributed by atoms with Crippen LogP contribution in [0.4, 0.5) is 4.39 Å². The molecule has 0 amide bonds. The van der Waals surface area contributed by atoms with Crippen molar-refractivity contribution in [3.8, 4) is 0 Å². The third-order valence-corrected chi connectivity index (χ3v) is 6.34. The first-order valence-corrected chi connectivity index (χ1v) is 11.8. The molecule has 1 aliphatic rings. The Labute approximate surface area is 208 Å². The second kappa shape index (κ2) is 12.7. The van der Waals surface area contributed by atoms with Gasteiger partial charge in [0.05, 0.1) is 0 Å². The van der Waals surface area contributed by atoms with Crippen molar-refractivity contribution in [2.75, 3.05) is 20.1 Å². The lowest BCUT2D eigenvalue weighted by molar-refractivity contribution is 0.137. The Kier molecular flexibility index (Phi) is 9.47. The number of nitrogens with two attached hydrogens (primary N) is 2. The molecule has 0 unspecified atom stereocenters. The number of benzene rings is 2. The van der Waals surface area contributed by atoms with Crippen LogP contribution >= 0.6 is 0 Å². The molecule has 6 heteroatoms. The summed E-state index contributed by atoms with van der Waals surface area (Å²) >= 11 is 0. The van der Waals surface area contributed by atoms with E-state index in [1.807, 2.05) is 24.3 Å². The number of allylic oxidation sites excluding steroid dienone is 6. The van der Waals surface area contributed by atoms with Gasteiger partial charge in [0.1, 0.15) is 11.6 Å². The number of hydrogen-bond donors (Lipinski definition) is 3. The third kappa shape index (κ3) is 6.72. The van der Waals surface area contributed by atoms with Gasteiger partial charge in [-0.2, -0.15) is 0 Å². The van der Waals surface area contributed by atoms with Gasteiger partial charge >= 0.3 is 0 Å². The minimum Gasteiger partial charge on any atom is -0.405 e. The van der Waals surface area contributed by atoms with Crippen LogP contribution in [-0.4, -0.2) is 36.0 Å². The minimum atomic E-state index is -0.301. The Morgan fingerprint density at radius 3 is 2.37 bits per heavy atom. The minimum absolute atomic E-state index is 0.264. The van der Waals surface area contributed by atoms with E-state index in [4.69, 9.17) is 11.6 Å². The predicted molar refractivity (Wildman–Crippen MR) is 144 cm³/mol. The number of hydrogen-bond acceptors (Lipinski definition) is 5. The molecular weight excluding hydrogens is 437 g/mol. The van der Waals surface area contributed by atoms with Crippen molar-refractivity contribution in [1.29, 1.82) is 0 Å². The highest BCUT2D eigenvalue weighted by molar-refractivity contribution is 5.84. The highest BCUT2D eigenvalue weighted by atomic mass is 19.1. The number of nitrogens with one attached hydrogen (secondary N) is 1. The van der Waals surface area contributed by atoms with E-state index in [0.29, 0.717) is 12.1 Å². The first kappa shape index (κ1) is 26.0. The van der Waals surface area contributed by atoms with Crippen LogP contribution in [-0.2, 0) is 6.54 Å². The molecule has 1 heterocycles. The maximum absolute atomic E-state index is 13.7. The van der Waals surface area contributed by atoms with Gasteiger partial charge < -0.3 is 21.0 Å². The highest BCUT2D eigenvalue weighted by Crippen LogP contribution is 2.34. The summed E-state index contributed by atoms with van der Waals surface area (Å²) in [5.74, 6) is 6.70. The second-order valence-electron chi connectivity index (χ2n) is 8.72. The molecule has 3 rings (SSSR count). The molecule has 0 atom stereocenters. The molecule has 184 valence electrons. The zero-order valence-corrected chi connectivity index (χ0v) is 20.5. The molecule has 1 fully saturated rings. The summed E-state index contributed by atoms with van der Waals surface area (Å²) in [5.41, 5.74) is 13.1. The maximum atomic E-state index is 13.7. The van der Waals surface area contributed by atoms with Gasteiger partial charge in [-0.25, -0.2) is 10.2 Å². The van der Waals surface area contributed by atoms with Gasteiger partial charge in [-0.15, -0.1) is 0 Å². The van der Waals surface area contributed by atoms with E-state index < -0.39 is 0 Å². The molecule has 2 aromatic rings. The third-order valence-electron chi connectivity index (χ3n) is 6.34. The first-order valence-electron chi connectivity index (χ1n) is 11.8. The monoisotopic (exact) mass is 473 g/mol. The molecule has 5 nitrogen and oxygen atoms in total. The summed E-state index contributed by atoms with van der Waals surface area (Å²) in [4.78, 5) is 4.67. The van der Waals surface area contributed by atoms with Gasteiger partial charge in [-0.05, 0) is 79.7 Å². The number of piperidine rings is 1. The van der Waals surface area contributed by atoms with Gasteiger partial charge in [-0.3, -0.25) is 0 Å². The number of likely N-dealkylation sites (tertiary alicyclic amines) is 1. The number of hydrazine groups is 1. The fourth-order valence-corrected chi connectivity index (χ4v) is 4.48. The summed E-state index contributed by atoms with van der Waals surface area (Å²) in [6, 6.07) is 16.9. The average Bonchev–Trinajstić information content (AvgIpc) is 2.87. The van der Waals surface area contributed by atoms with Gasteiger partial charge in [0.15, 0.2) is 0 Å². The maximum Gasteiger partial charge on any atom is 0.125 e. The van der Waals surface area contributed by atoms with Gasteiger partial charge in [-0.1, -0.05) is 67.8 Å². The Bertz CT molecular complexity index is 1080. The van der Waals surface area contributed by atoms with E-state index in [1.165, 1.54) is 23.9 Å². The van der Waals surface area contributed by atoms with E-state index in [9.17, 15) is 4.39 Å². The van der Waals surface area contributed by atoms with Crippen LogP contribution in [0.2, 0.25) is 0 Å². The van der Waals surface area contributed by atoms with E-state index in [2.05, 4.69) is 47.6 Å². The van der Waals surface area contributed by atoms with Crippen LogP contribution < -0.4 is 17.0 Å². The molecule has 1 saturated heterocycles. The lowest BCUT2D eigenvalue weighted by Gasteiger charge is -2.41. The average molecular weight is 474 g/mol. The van der Waals surface area contributed by atoms with Crippen LogP contribution in [0, 0.1) is 5.82 Å². The summed E-state index contributed by atoms with van der Waals surface area (Å²) in [6.45, 7) is 10.9. The molecule has 2 aromatic carbocycles. The van der Waals surface area contributed by atoms with Gasteiger partial charge in [0.2, 0.25) is 0 Å². The molecule has 35 heavy (non-hydrogen) atoms. The predicted octanol–water partition coefficient (Wildman–Crippen LogP) is 4.70. The van der Waals surface area contributed by atoms with Gasteiger partial charge in [0.25, 0.3) is 0 Å². The normalized spacial score (nSPS) is 16.1. The van der Waals surface area contributed by atoms with Crippen molar-refractivity contribution < 1.29 is 4.39 Å². The summed E-state index contributed by atoms with van der Waals surface area (Å²) in [7, 11) is 2.15. The van der Waals surface area contributed by atoms with Crippen LogP contribution in [0.15, 0.2) is 109 Å². The highest BCUT2D eigenvalue weighted by Gasteiger charge is 2.28. The fourth-order valence-electron chi connectivity index (χ4n) is 4.48. The van der Waals surface area contributed by atoms with Crippen molar-refractivity contribution in [3.05, 3.63) is 126 Å². The fraction of sp³-hybridized carbons (Fsp3) is 0.241. The Balaban J connectivity index is 2.20. The van der Waals surface area contributed by atoms with Gasteiger partial charge in [0, 0.05) is 18.2 Å². The lowest BCUT2D eigenvalue weighted by atomic mass is 9.91. The molecule has 0 saturated carbocycles. The summed E-state index contributed by atoms with van der Waals surface area (Å²) in [6.07, 6.45) is 8.87. The number of nitrogens with zero attached hydrogens (tertiary/aromatic N) is 2. The van der Waals surface area contributed by atoms with Crippen molar-refractivity contribution in [2.45, 2.75) is 25.4 Å². The molecule has 0 aliphatic carbocycles. The molecular formula is C29H36FN5. The largest absolute Gasteiger partial charge is 0.405 e. The zero-order valence-electron chi connectivity index (χ0n) is 20.5. The summed E-state index contributed by atoms with van der Waals surface area (Å²) in [5, 5.41) is 0. The Hall–Kier alpha value is -3.61. The van der Waals surface area contributed by atoms with Crippen LogP contribution in [0.25, 0.3) is 5.57 Å². The van der Waals surface area contributed by atoms with E-state index in [0.717, 1.165) is 48.5 Å². The smallest absolute Gasteiger partial charge is 0.125 e. The van der Waals surface area contributed by atoms with Crippen molar-refractivity contribution in [3.63, 3.8) is 0 Å². The molecule has 1 aliphatic heterocycles. The van der Waals surface area contributed by atoms with E-state index in [-0.39, 0.29) is 11.9 Å². The Morgan fingerprint density at radius 2 is 1.80 bits per heavy atom. The molecule has 0 bridgehead atoms. The van der Waals surface area contributed by atoms with Crippen LogP contribution in [0.5, 0.6) is 0 Å². The van der Waals surface area contributed by atoms with Crippen molar-refractivity contribution in [1.82, 2.24) is 15.2 Å². The van der Waals surface area contributed by atoms with Crippen molar-refractivity contribution >= 4 is 5.57 Å². The lowest BCUT2D eigenvalue weighted by Crippen LogP contribution is -2.47. The second-order valence-corrected chi connectivity index (χ2v) is 8.72. The van der Waals surface area contributed by atoms with Crippen LogP contribution in [0.3, 0.4) is 0 Å². The molecule has 5 N–H and O–H groups in total. The molecule has 0 radical (unpaired) electrons. The Morgan fingerprint density at radius 1 is 1.14 bits per heavy atom. The first-order chi connectivity index (χ1) is 17.0. The van der Waals surface area contributed by atoms with E-state index >= 15 is 0 Å². The quantitative estimate of drug-likeness (QED) is 0.265. The topological polar surface area (TPSA) is 70.5 Å². The van der Waals surface area contributed by atoms with E-state index in [1.54, 1.807) is 24.3 Å². The standard InChI is InChI=1S/C29H36FN5/c1-4-8-25(15-18-31)28(22(2)24-11-13-26(30)14-12-24)29(33-32)35(21-23-9-6-5-7-10-23)27-16-19-34(3)20-17-27/h4-15,18,27,33H,1-2,16-17,19-21,31-32H2,3H3/b18-15-,25-8+,29-28-. The molecule has 0 spiro atoms. The van der Waals surface area contributed by atoms with Crippen molar-refractivity contribution in [2.24, 2.45) is 11.6 Å². The summed E-state index contributed by atoms with van der Waals surface area (Å²) < 4.78 is 13.7. The zero-order chi connectivity index (χ0) is 25.2. The van der Waals surface area contributed by atoms with Crippen LogP contribution in [0.1, 0.15) is 24.0 Å². The number of halogens is 1.